The van der Waals surface area contributed by atoms with E-state index in [2.05, 4.69) is 0 Å². The fourth-order valence-electron chi connectivity index (χ4n) is 3.08. The summed E-state index contributed by atoms with van der Waals surface area (Å²) < 4.78 is 0. The molecule has 0 radical (unpaired) electrons. The molecule has 2 heterocycles. The minimum Gasteiger partial charge on any atom is -0.481 e. The topological polar surface area (TPSA) is 95.0 Å². The Bertz CT molecular complexity index is 451. The Morgan fingerprint density at radius 2 is 1.71 bits per heavy atom. The number of hydrogen-bond donors (Lipinski definition) is 1. The van der Waals surface area contributed by atoms with Gasteiger partial charge in [0, 0.05) is 19.5 Å². The maximum atomic E-state index is 12.5. The molecular formula is C14H20N2O5. The van der Waals surface area contributed by atoms with Crippen LogP contribution in [0.5, 0.6) is 0 Å². The Kier molecular flexibility index (Phi) is 4.93. The second-order valence-electron chi connectivity index (χ2n) is 5.52. The minimum absolute atomic E-state index is 0.0871. The van der Waals surface area contributed by atoms with E-state index in [1.807, 2.05) is 0 Å². The molecular weight excluding hydrogens is 276 g/mol. The third-order valence-corrected chi connectivity index (χ3v) is 4.15. The summed E-state index contributed by atoms with van der Waals surface area (Å²) in [6, 6.07) is -0.916. The molecule has 0 spiro atoms. The molecule has 7 nitrogen and oxygen atoms in total. The van der Waals surface area contributed by atoms with Crippen molar-refractivity contribution in [3.63, 3.8) is 0 Å². The monoisotopic (exact) mass is 296 g/mol. The highest BCUT2D eigenvalue weighted by Crippen LogP contribution is 2.24. The number of aliphatic carboxylic acids is 1. The van der Waals surface area contributed by atoms with Crippen molar-refractivity contribution in [3.8, 4) is 0 Å². The third kappa shape index (κ3) is 3.40. The van der Waals surface area contributed by atoms with Crippen LogP contribution in [0.15, 0.2) is 0 Å². The van der Waals surface area contributed by atoms with Crippen LogP contribution in [-0.4, -0.2) is 64.1 Å². The number of aldehydes is 1. The van der Waals surface area contributed by atoms with E-state index in [9.17, 15) is 19.2 Å². The fraction of sp³-hybridized carbons (Fsp3) is 0.714. The van der Waals surface area contributed by atoms with Gasteiger partial charge in [0.1, 0.15) is 12.3 Å². The number of amides is 2. The van der Waals surface area contributed by atoms with Crippen molar-refractivity contribution in [2.75, 3.05) is 13.1 Å². The average Bonchev–Trinajstić information content (AvgIpc) is 3.12. The Balaban J connectivity index is 2.00. The van der Waals surface area contributed by atoms with Crippen molar-refractivity contribution in [1.29, 1.82) is 0 Å². The van der Waals surface area contributed by atoms with E-state index in [1.54, 1.807) is 4.90 Å². The van der Waals surface area contributed by atoms with Crippen molar-refractivity contribution in [2.24, 2.45) is 0 Å². The van der Waals surface area contributed by atoms with Crippen molar-refractivity contribution in [2.45, 2.75) is 50.6 Å². The van der Waals surface area contributed by atoms with E-state index in [0.29, 0.717) is 25.9 Å². The predicted octanol–water partition coefficient (Wildman–Crippen LogP) is 0.0321. The maximum Gasteiger partial charge on any atom is 0.303 e. The SMILES string of the molecule is O=C[C@@H]1CCCN1C(=O)[C@@H]1CCCN1C(=O)CCC(=O)O. The van der Waals surface area contributed by atoms with Crippen LogP contribution in [0.25, 0.3) is 0 Å². The zero-order valence-electron chi connectivity index (χ0n) is 11.9. The van der Waals surface area contributed by atoms with E-state index < -0.39 is 12.0 Å². The summed E-state index contributed by atoms with van der Waals surface area (Å²) in [5.41, 5.74) is 0. The smallest absolute Gasteiger partial charge is 0.303 e. The standard InChI is InChI=1S/C14H20N2O5/c17-9-10-3-1-7-15(10)14(21)11-4-2-8-16(11)12(18)5-6-13(19)20/h9-11H,1-8H2,(H,19,20)/t10-,11-/m0/s1. The van der Waals surface area contributed by atoms with Gasteiger partial charge in [0.15, 0.2) is 0 Å². The molecule has 2 amide bonds. The van der Waals surface area contributed by atoms with Crippen LogP contribution in [0.2, 0.25) is 0 Å². The quantitative estimate of drug-likeness (QED) is 0.722. The van der Waals surface area contributed by atoms with E-state index in [-0.39, 0.29) is 30.7 Å². The molecule has 0 aromatic rings. The first-order valence-electron chi connectivity index (χ1n) is 7.31. The fourth-order valence-corrected chi connectivity index (χ4v) is 3.08. The first kappa shape index (κ1) is 15.5. The summed E-state index contributed by atoms with van der Waals surface area (Å²) >= 11 is 0. The molecule has 2 atom stereocenters. The molecule has 0 aromatic heterocycles. The van der Waals surface area contributed by atoms with Gasteiger partial charge in [-0.1, -0.05) is 0 Å². The van der Waals surface area contributed by atoms with Crippen LogP contribution in [0.1, 0.15) is 38.5 Å². The molecule has 0 bridgehead atoms. The summed E-state index contributed by atoms with van der Waals surface area (Å²) in [6.07, 6.45) is 3.27. The lowest BCUT2D eigenvalue weighted by Gasteiger charge is -2.29. The number of carboxylic acid groups (broad SMARTS) is 1. The van der Waals surface area contributed by atoms with Crippen molar-refractivity contribution < 1.29 is 24.3 Å². The number of carboxylic acids is 1. The molecule has 116 valence electrons. The molecule has 7 heteroatoms. The number of carbonyl (C=O) groups excluding carboxylic acids is 3. The Hall–Kier alpha value is -1.92. The van der Waals surface area contributed by atoms with E-state index in [0.717, 1.165) is 19.1 Å². The average molecular weight is 296 g/mol. The number of nitrogens with zero attached hydrogens (tertiary/aromatic N) is 2. The minimum atomic E-state index is -1.02. The van der Waals surface area contributed by atoms with Crippen LogP contribution in [0, 0.1) is 0 Å². The lowest BCUT2D eigenvalue weighted by molar-refractivity contribution is -0.146. The molecule has 2 rings (SSSR count). The van der Waals surface area contributed by atoms with Gasteiger partial charge in [-0.2, -0.15) is 0 Å². The largest absolute Gasteiger partial charge is 0.481 e. The van der Waals surface area contributed by atoms with Gasteiger partial charge < -0.3 is 19.7 Å². The summed E-state index contributed by atoms with van der Waals surface area (Å²) in [5.74, 6) is -1.49. The van der Waals surface area contributed by atoms with Crippen molar-refractivity contribution in [3.05, 3.63) is 0 Å². The van der Waals surface area contributed by atoms with E-state index >= 15 is 0 Å². The predicted molar refractivity (Wildman–Crippen MR) is 72.4 cm³/mol. The first-order chi connectivity index (χ1) is 10.0. The molecule has 2 fully saturated rings. The van der Waals surface area contributed by atoms with Gasteiger partial charge in [0.2, 0.25) is 11.8 Å². The highest BCUT2D eigenvalue weighted by Gasteiger charge is 2.39. The summed E-state index contributed by atoms with van der Waals surface area (Å²) in [6.45, 7) is 1.03. The highest BCUT2D eigenvalue weighted by molar-refractivity contribution is 5.90. The summed E-state index contributed by atoms with van der Waals surface area (Å²) in [7, 11) is 0. The molecule has 0 aliphatic carbocycles. The second-order valence-corrected chi connectivity index (χ2v) is 5.52. The van der Waals surface area contributed by atoms with Gasteiger partial charge in [-0.05, 0) is 25.7 Å². The normalized spacial score (nSPS) is 25.1. The zero-order valence-corrected chi connectivity index (χ0v) is 11.9. The number of rotatable bonds is 5. The van der Waals surface area contributed by atoms with Crippen LogP contribution >= 0.6 is 0 Å². The second kappa shape index (κ2) is 6.69. The molecule has 0 aromatic carbocycles. The zero-order chi connectivity index (χ0) is 15.4. The lowest BCUT2D eigenvalue weighted by Crippen LogP contribution is -2.49. The number of hydrogen-bond acceptors (Lipinski definition) is 4. The van der Waals surface area contributed by atoms with Gasteiger partial charge in [-0.25, -0.2) is 0 Å². The van der Waals surface area contributed by atoms with Crippen molar-refractivity contribution in [1.82, 2.24) is 9.80 Å². The molecule has 21 heavy (non-hydrogen) atoms. The number of likely N-dealkylation sites (tertiary alicyclic amines) is 2. The lowest BCUT2D eigenvalue weighted by atomic mass is 10.1. The third-order valence-electron chi connectivity index (χ3n) is 4.15. The molecule has 2 aliphatic heterocycles. The van der Waals surface area contributed by atoms with Gasteiger partial charge >= 0.3 is 5.97 Å². The van der Waals surface area contributed by atoms with Gasteiger partial charge in [0.05, 0.1) is 12.5 Å². The van der Waals surface area contributed by atoms with Crippen LogP contribution < -0.4 is 0 Å². The van der Waals surface area contributed by atoms with Crippen LogP contribution in [0.3, 0.4) is 0 Å². The Morgan fingerprint density at radius 1 is 1.05 bits per heavy atom. The van der Waals surface area contributed by atoms with Crippen molar-refractivity contribution >= 4 is 24.1 Å². The maximum absolute atomic E-state index is 12.5. The van der Waals surface area contributed by atoms with E-state index in [4.69, 9.17) is 5.11 Å². The van der Waals surface area contributed by atoms with Gasteiger partial charge in [0.25, 0.3) is 0 Å². The highest BCUT2D eigenvalue weighted by atomic mass is 16.4. The molecule has 1 N–H and O–H groups in total. The van der Waals surface area contributed by atoms with Gasteiger partial charge in [-0.3, -0.25) is 14.4 Å². The molecule has 0 unspecified atom stereocenters. The van der Waals surface area contributed by atoms with Gasteiger partial charge in [-0.15, -0.1) is 0 Å². The summed E-state index contributed by atoms with van der Waals surface area (Å²) in [4.78, 5) is 49.1. The molecule has 2 saturated heterocycles. The molecule has 0 saturated carbocycles. The molecule has 2 aliphatic rings. The Labute approximate surface area is 122 Å². The van der Waals surface area contributed by atoms with E-state index in [1.165, 1.54) is 4.90 Å². The number of carbonyl (C=O) groups is 4. The summed E-state index contributed by atoms with van der Waals surface area (Å²) in [5, 5.41) is 8.63. The van der Waals surface area contributed by atoms with Crippen LogP contribution in [0.4, 0.5) is 0 Å². The Morgan fingerprint density at radius 3 is 2.38 bits per heavy atom. The van der Waals surface area contributed by atoms with Crippen LogP contribution in [-0.2, 0) is 19.2 Å². The first-order valence-corrected chi connectivity index (χ1v) is 7.31.